The van der Waals surface area contributed by atoms with Gasteiger partial charge in [0, 0.05) is 41.7 Å². The first-order chi connectivity index (χ1) is 15.9. The van der Waals surface area contributed by atoms with E-state index < -0.39 is 5.69 Å². The molecule has 1 aliphatic rings. The van der Waals surface area contributed by atoms with Crippen molar-refractivity contribution in [1.29, 1.82) is 0 Å². The van der Waals surface area contributed by atoms with Crippen LogP contribution in [0.25, 0.3) is 26.3 Å². The van der Waals surface area contributed by atoms with E-state index in [1.165, 1.54) is 27.4 Å². The van der Waals surface area contributed by atoms with Crippen LogP contribution in [0.3, 0.4) is 0 Å². The quantitative estimate of drug-likeness (QED) is 0.453. The molecule has 0 saturated heterocycles. The van der Waals surface area contributed by atoms with Crippen molar-refractivity contribution in [1.82, 2.24) is 19.4 Å². The molecule has 1 aliphatic carbocycles. The van der Waals surface area contributed by atoms with Crippen LogP contribution in [-0.4, -0.2) is 26.6 Å². The number of hydrogen-bond acceptors (Lipinski definition) is 5. The molecule has 5 rings (SSSR count). The lowest BCUT2D eigenvalue weighted by molar-refractivity contribution is -0.118. The fourth-order valence-corrected chi connectivity index (χ4v) is 5.36. The van der Waals surface area contributed by atoms with Crippen molar-refractivity contribution in [3.63, 3.8) is 0 Å². The Hall–Kier alpha value is -3.23. The Bertz CT molecular complexity index is 1500. The molecule has 0 bridgehead atoms. The Kier molecular flexibility index (Phi) is 5.64. The van der Waals surface area contributed by atoms with Gasteiger partial charge in [-0.25, -0.2) is 9.36 Å². The molecule has 3 heterocycles. The third-order valence-electron chi connectivity index (χ3n) is 5.72. The highest BCUT2D eigenvalue weighted by molar-refractivity contribution is 7.22. The molecule has 4 aromatic rings. The van der Waals surface area contributed by atoms with Gasteiger partial charge in [0.05, 0.1) is 17.4 Å². The molecule has 0 unspecified atom stereocenters. The van der Waals surface area contributed by atoms with Crippen molar-refractivity contribution >= 4 is 39.1 Å². The third-order valence-corrected chi connectivity index (χ3v) is 7.20. The van der Waals surface area contributed by atoms with Crippen molar-refractivity contribution in [2.45, 2.75) is 32.2 Å². The molecule has 1 fully saturated rings. The van der Waals surface area contributed by atoms with E-state index in [-0.39, 0.29) is 24.6 Å². The number of thiophene rings is 1. The van der Waals surface area contributed by atoms with Gasteiger partial charge < -0.3 is 5.32 Å². The Morgan fingerprint density at radius 1 is 1.21 bits per heavy atom. The van der Waals surface area contributed by atoms with Gasteiger partial charge in [-0.05, 0) is 42.5 Å². The lowest BCUT2D eigenvalue weighted by Gasteiger charge is -2.13. The van der Waals surface area contributed by atoms with E-state index in [1.807, 2.05) is 30.3 Å². The summed E-state index contributed by atoms with van der Waals surface area (Å²) >= 11 is 7.70. The van der Waals surface area contributed by atoms with Crippen LogP contribution in [-0.2, 0) is 11.3 Å². The first-order valence-corrected chi connectivity index (χ1v) is 11.9. The summed E-state index contributed by atoms with van der Waals surface area (Å²) in [5.74, 6) is 0.253. The predicted molar refractivity (Wildman–Crippen MR) is 131 cm³/mol. The number of hydrogen-bond donors (Lipinski definition) is 1. The van der Waals surface area contributed by atoms with Gasteiger partial charge in [0.25, 0.3) is 5.56 Å². The first kappa shape index (κ1) is 21.6. The first-order valence-electron chi connectivity index (χ1n) is 10.7. The molecule has 0 spiro atoms. The molecule has 1 aromatic carbocycles. The number of benzene rings is 1. The maximum atomic E-state index is 13.6. The van der Waals surface area contributed by atoms with E-state index in [2.05, 4.69) is 10.3 Å². The molecule has 0 radical (unpaired) electrons. The summed E-state index contributed by atoms with van der Waals surface area (Å²) in [6.07, 6.45) is 5.51. The fraction of sp³-hybridized carbons (Fsp3) is 0.250. The number of amides is 1. The maximum Gasteiger partial charge on any atom is 0.336 e. The van der Waals surface area contributed by atoms with Crippen LogP contribution in [0.15, 0.2) is 58.4 Å². The smallest absolute Gasteiger partial charge is 0.336 e. The lowest BCUT2D eigenvalue weighted by atomic mass is 10.2. The maximum absolute atomic E-state index is 13.6. The lowest BCUT2D eigenvalue weighted by Crippen LogP contribution is -2.40. The predicted octanol–water partition coefficient (Wildman–Crippen LogP) is 3.94. The van der Waals surface area contributed by atoms with Crippen molar-refractivity contribution in [2.24, 2.45) is 0 Å². The average Bonchev–Trinajstić information content (AvgIpc) is 3.55. The number of carbonyl (C=O) groups is 1. The zero-order chi connectivity index (χ0) is 23.1. The Morgan fingerprint density at radius 2 is 2.00 bits per heavy atom. The Balaban J connectivity index is 1.73. The van der Waals surface area contributed by atoms with Crippen LogP contribution in [0.5, 0.6) is 0 Å². The fourth-order valence-electron chi connectivity index (χ4n) is 3.94. The van der Waals surface area contributed by atoms with Crippen molar-refractivity contribution < 1.29 is 4.79 Å². The van der Waals surface area contributed by atoms with Crippen LogP contribution in [0.2, 0.25) is 5.02 Å². The normalized spacial score (nSPS) is 13.4. The van der Waals surface area contributed by atoms with Crippen LogP contribution in [0, 0.1) is 0 Å². The number of halogens is 1. The van der Waals surface area contributed by atoms with Gasteiger partial charge in [-0.15, -0.1) is 11.3 Å². The minimum Gasteiger partial charge on any atom is -0.355 e. The monoisotopic (exact) mass is 480 g/mol. The van der Waals surface area contributed by atoms with E-state index in [4.69, 9.17) is 11.6 Å². The van der Waals surface area contributed by atoms with Crippen LogP contribution in [0.4, 0.5) is 0 Å². The molecular formula is C24H21ClN4O3S. The summed E-state index contributed by atoms with van der Waals surface area (Å²) in [5, 5.41) is 3.29. The van der Waals surface area contributed by atoms with Gasteiger partial charge >= 0.3 is 5.69 Å². The van der Waals surface area contributed by atoms with E-state index in [0.717, 1.165) is 28.8 Å². The molecule has 1 amide bonds. The van der Waals surface area contributed by atoms with E-state index in [0.29, 0.717) is 26.8 Å². The summed E-state index contributed by atoms with van der Waals surface area (Å²) in [7, 11) is 0. The molecular weight excluding hydrogens is 460 g/mol. The van der Waals surface area contributed by atoms with E-state index in [9.17, 15) is 14.4 Å². The molecule has 0 aliphatic heterocycles. The molecule has 1 N–H and O–H groups in total. The van der Waals surface area contributed by atoms with E-state index >= 15 is 0 Å². The summed E-state index contributed by atoms with van der Waals surface area (Å²) in [5.41, 5.74) is 1.96. The molecule has 168 valence electrons. The van der Waals surface area contributed by atoms with Crippen LogP contribution >= 0.6 is 22.9 Å². The zero-order valence-corrected chi connectivity index (χ0v) is 19.4. The number of nitrogens with zero attached hydrogens (tertiary/aromatic N) is 3. The Labute approximate surface area is 198 Å². The molecule has 9 heteroatoms. The number of fused-ring (bicyclic) bond motifs is 1. The topological polar surface area (TPSA) is 86.0 Å². The second-order valence-electron chi connectivity index (χ2n) is 8.11. The highest BCUT2D eigenvalue weighted by atomic mass is 35.5. The van der Waals surface area contributed by atoms with Crippen LogP contribution in [0.1, 0.15) is 31.2 Å². The van der Waals surface area contributed by atoms with Gasteiger partial charge in [-0.2, -0.15) is 0 Å². The summed E-state index contributed by atoms with van der Waals surface area (Å²) < 4.78 is 3.17. The molecule has 0 atom stereocenters. The van der Waals surface area contributed by atoms with Crippen molar-refractivity contribution in [3.8, 4) is 16.1 Å². The number of nitrogens with one attached hydrogen (secondary N) is 1. The Morgan fingerprint density at radius 3 is 2.73 bits per heavy atom. The second kappa shape index (κ2) is 8.61. The van der Waals surface area contributed by atoms with Gasteiger partial charge in [0.2, 0.25) is 5.91 Å². The van der Waals surface area contributed by atoms with Gasteiger partial charge in [0.15, 0.2) is 0 Å². The standard InChI is InChI=1S/C24H21ClN4O3S/c1-14(30)27-8-9-28-20-11-21(18-4-2-3-5-19(18)25)33-22(20)23(31)29(24(28)32)17-10-16(12-26-13-17)15-6-7-15/h2-5,10-13,15H,6-9H2,1H3,(H,27,30). The molecule has 7 nitrogen and oxygen atoms in total. The largest absolute Gasteiger partial charge is 0.355 e. The second-order valence-corrected chi connectivity index (χ2v) is 9.57. The minimum absolute atomic E-state index is 0.184. The SMILES string of the molecule is CC(=O)NCCn1c(=O)n(-c2cncc(C3CC3)c2)c(=O)c2sc(-c3ccccc3Cl)cc21. The zero-order valence-electron chi connectivity index (χ0n) is 17.9. The molecule has 33 heavy (non-hydrogen) atoms. The summed E-state index contributed by atoms with van der Waals surface area (Å²) in [6, 6.07) is 11.1. The summed E-state index contributed by atoms with van der Waals surface area (Å²) in [4.78, 5) is 43.6. The van der Waals surface area contributed by atoms with Gasteiger partial charge in [-0.1, -0.05) is 29.8 Å². The number of rotatable bonds is 6. The minimum atomic E-state index is -0.462. The third kappa shape index (κ3) is 4.12. The highest BCUT2D eigenvalue weighted by Crippen LogP contribution is 2.40. The number of aromatic nitrogens is 3. The van der Waals surface area contributed by atoms with Crippen molar-refractivity contribution in [3.05, 3.63) is 80.2 Å². The van der Waals surface area contributed by atoms with E-state index in [1.54, 1.807) is 18.5 Å². The van der Waals surface area contributed by atoms with Gasteiger partial charge in [0.1, 0.15) is 4.70 Å². The highest BCUT2D eigenvalue weighted by Gasteiger charge is 2.25. The van der Waals surface area contributed by atoms with Gasteiger partial charge in [-0.3, -0.25) is 19.1 Å². The van der Waals surface area contributed by atoms with Crippen molar-refractivity contribution in [2.75, 3.05) is 6.54 Å². The number of pyridine rings is 1. The summed E-state index contributed by atoms with van der Waals surface area (Å²) in [6.45, 7) is 1.91. The van der Waals surface area contributed by atoms with Crippen LogP contribution < -0.4 is 16.6 Å². The molecule has 3 aromatic heterocycles. The average molecular weight is 481 g/mol. The number of carbonyl (C=O) groups excluding carboxylic acids is 1. The molecule has 1 saturated carbocycles.